The van der Waals surface area contributed by atoms with E-state index in [4.69, 9.17) is 4.74 Å². The van der Waals surface area contributed by atoms with Crippen LogP contribution in [0.15, 0.2) is 18.2 Å². The topological polar surface area (TPSA) is 61.7 Å². The molecule has 1 aromatic carbocycles. The number of phenols is 2. The van der Waals surface area contributed by atoms with Crippen molar-refractivity contribution in [1.29, 1.82) is 0 Å². The molecule has 4 nitrogen and oxygen atoms in total. The summed E-state index contributed by atoms with van der Waals surface area (Å²) in [4.78, 5) is 0. The van der Waals surface area contributed by atoms with Crippen LogP contribution >= 0.6 is 12.4 Å². The Balaban J connectivity index is 0.00000112. The van der Waals surface area contributed by atoms with Gasteiger partial charge in [0.15, 0.2) is 0 Å². The highest BCUT2D eigenvalue weighted by molar-refractivity contribution is 5.85. The van der Waals surface area contributed by atoms with Crippen molar-refractivity contribution in [2.75, 3.05) is 19.8 Å². The lowest BCUT2D eigenvalue weighted by molar-refractivity contribution is 0.0767. The average Bonchev–Trinajstić information content (AvgIpc) is 2.18. The number of benzene rings is 1. The van der Waals surface area contributed by atoms with Crippen LogP contribution in [0, 0.1) is 0 Å². The maximum atomic E-state index is 9.30. The van der Waals surface area contributed by atoms with Gasteiger partial charge in [-0.25, -0.2) is 0 Å². The standard InChI is InChI=1S/C10H13NO3.ClH/c12-8-3-7(4-9(13)5-8)10-6-14-2-1-11-10;/h3-5,10-13H,1-2,6H2;1H/t10-;/m1./s1. The predicted molar refractivity (Wildman–Crippen MR) is 58.6 cm³/mol. The van der Waals surface area contributed by atoms with Crippen LogP contribution in [0.1, 0.15) is 11.6 Å². The zero-order valence-electron chi connectivity index (χ0n) is 8.14. The van der Waals surface area contributed by atoms with Crippen LogP contribution in [-0.4, -0.2) is 30.0 Å². The molecule has 1 heterocycles. The zero-order chi connectivity index (χ0) is 9.97. The molecule has 1 fully saturated rings. The third-order valence-electron chi connectivity index (χ3n) is 2.25. The number of hydrogen-bond acceptors (Lipinski definition) is 4. The first-order chi connectivity index (χ1) is 6.75. The van der Waals surface area contributed by atoms with E-state index >= 15 is 0 Å². The summed E-state index contributed by atoms with van der Waals surface area (Å²) in [6.45, 7) is 2.07. The number of phenolic OH excluding ortho intramolecular Hbond substituents is 2. The minimum Gasteiger partial charge on any atom is -0.508 e. The van der Waals surface area contributed by atoms with Crippen LogP contribution in [0.2, 0.25) is 0 Å². The highest BCUT2D eigenvalue weighted by Crippen LogP contribution is 2.25. The van der Waals surface area contributed by atoms with E-state index in [1.807, 2.05) is 0 Å². The molecule has 0 bridgehead atoms. The molecule has 1 aromatic rings. The van der Waals surface area contributed by atoms with Crippen LogP contribution in [0.25, 0.3) is 0 Å². The van der Waals surface area contributed by atoms with Crippen molar-refractivity contribution >= 4 is 12.4 Å². The van der Waals surface area contributed by atoms with E-state index in [1.165, 1.54) is 6.07 Å². The fourth-order valence-corrected chi connectivity index (χ4v) is 1.60. The van der Waals surface area contributed by atoms with Gasteiger partial charge in [0.25, 0.3) is 0 Å². The Kier molecular flexibility index (Phi) is 4.20. The number of ether oxygens (including phenoxy) is 1. The van der Waals surface area contributed by atoms with Gasteiger partial charge in [0, 0.05) is 12.6 Å². The van der Waals surface area contributed by atoms with E-state index in [0.29, 0.717) is 13.2 Å². The van der Waals surface area contributed by atoms with Gasteiger partial charge in [-0.1, -0.05) is 0 Å². The molecular formula is C10H14ClNO3. The summed E-state index contributed by atoms with van der Waals surface area (Å²) in [6, 6.07) is 4.63. The molecule has 5 heteroatoms. The van der Waals surface area contributed by atoms with Gasteiger partial charge in [-0.05, 0) is 17.7 Å². The third kappa shape index (κ3) is 2.99. The average molecular weight is 232 g/mol. The fourth-order valence-electron chi connectivity index (χ4n) is 1.60. The smallest absolute Gasteiger partial charge is 0.119 e. The number of aromatic hydroxyl groups is 2. The van der Waals surface area contributed by atoms with Gasteiger partial charge in [-0.2, -0.15) is 0 Å². The van der Waals surface area contributed by atoms with Gasteiger partial charge in [0.05, 0.1) is 19.3 Å². The summed E-state index contributed by atoms with van der Waals surface area (Å²) < 4.78 is 5.29. The Morgan fingerprint density at radius 3 is 2.40 bits per heavy atom. The summed E-state index contributed by atoms with van der Waals surface area (Å²) in [5.41, 5.74) is 0.849. The van der Waals surface area contributed by atoms with Crippen molar-refractivity contribution < 1.29 is 14.9 Å². The third-order valence-corrected chi connectivity index (χ3v) is 2.25. The molecule has 0 spiro atoms. The Labute approximate surface area is 94.3 Å². The van der Waals surface area contributed by atoms with Gasteiger partial charge in [-0.15, -0.1) is 12.4 Å². The lowest BCUT2D eigenvalue weighted by atomic mass is 10.1. The molecule has 1 aliphatic rings. The first kappa shape index (κ1) is 12.1. The number of nitrogens with one attached hydrogen (secondary N) is 1. The van der Waals surface area contributed by atoms with E-state index in [1.54, 1.807) is 12.1 Å². The van der Waals surface area contributed by atoms with Crippen molar-refractivity contribution in [2.24, 2.45) is 0 Å². The molecule has 0 saturated carbocycles. The van der Waals surface area contributed by atoms with E-state index < -0.39 is 0 Å². The van der Waals surface area contributed by atoms with Gasteiger partial charge < -0.3 is 20.3 Å². The molecule has 84 valence electrons. The highest BCUT2D eigenvalue weighted by Gasteiger charge is 2.16. The van der Waals surface area contributed by atoms with Crippen molar-refractivity contribution in [1.82, 2.24) is 5.32 Å². The first-order valence-electron chi connectivity index (χ1n) is 4.60. The summed E-state index contributed by atoms with van der Waals surface area (Å²) >= 11 is 0. The summed E-state index contributed by atoms with van der Waals surface area (Å²) in [5, 5.41) is 21.8. The maximum Gasteiger partial charge on any atom is 0.119 e. The second-order valence-corrected chi connectivity index (χ2v) is 3.36. The second kappa shape index (κ2) is 5.21. The Morgan fingerprint density at radius 1 is 1.20 bits per heavy atom. The lowest BCUT2D eigenvalue weighted by Gasteiger charge is -2.24. The normalized spacial score (nSPS) is 20.7. The van der Waals surface area contributed by atoms with Crippen LogP contribution < -0.4 is 5.32 Å². The van der Waals surface area contributed by atoms with Crippen molar-refractivity contribution in [3.63, 3.8) is 0 Å². The van der Waals surface area contributed by atoms with Crippen molar-refractivity contribution in [3.05, 3.63) is 23.8 Å². The van der Waals surface area contributed by atoms with Gasteiger partial charge in [-0.3, -0.25) is 0 Å². The molecule has 2 rings (SSSR count). The Morgan fingerprint density at radius 2 is 1.87 bits per heavy atom. The summed E-state index contributed by atoms with van der Waals surface area (Å²) in [7, 11) is 0. The van der Waals surface area contributed by atoms with Crippen molar-refractivity contribution in [3.8, 4) is 11.5 Å². The molecule has 0 amide bonds. The van der Waals surface area contributed by atoms with E-state index in [-0.39, 0.29) is 29.9 Å². The summed E-state index contributed by atoms with van der Waals surface area (Å²) in [6.07, 6.45) is 0. The monoisotopic (exact) mass is 231 g/mol. The van der Waals surface area contributed by atoms with Crippen LogP contribution in [0.4, 0.5) is 0 Å². The number of hydrogen-bond donors (Lipinski definition) is 3. The van der Waals surface area contributed by atoms with Crippen molar-refractivity contribution in [2.45, 2.75) is 6.04 Å². The van der Waals surface area contributed by atoms with Crippen LogP contribution in [-0.2, 0) is 4.74 Å². The largest absolute Gasteiger partial charge is 0.508 e. The van der Waals surface area contributed by atoms with E-state index in [2.05, 4.69) is 5.32 Å². The quantitative estimate of drug-likeness (QED) is 0.679. The zero-order valence-corrected chi connectivity index (χ0v) is 8.96. The number of halogens is 1. The maximum absolute atomic E-state index is 9.30. The molecule has 3 N–H and O–H groups in total. The fraction of sp³-hybridized carbons (Fsp3) is 0.400. The molecule has 0 radical (unpaired) electrons. The molecule has 15 heavy (non-hydrogen) atoms. The van der Waals surface area contributed by atoms with Crippen LogP contribution in [0.5, 0.6) is 11.5 Å². The summed E-state index contributed by atoms with van der Waals surface area (Å²) in [5.74, 6) is 0.153. The molecular weight excluding hydrogens is 218 g/mol. The molecule has 0 aromatic heterocycles. The molecule has 1 atom stereocenters. The van der Waals surface area contributed by atoms with E-state index in [0.717, 1.165) is 12.1 Å². The predicted octanol–water partition coefficient (Wildman–Crippen LogP) is 1.18. The molecule has 1 aliphatic heterocycles. The van der Waals surface area contributed by atoms with Crippen LogP contribution in [0.3, 0.4) is 0 Å². The van der Waals surface area contributed by atoms with Gasteiger partial charge in [0.1, 0.15) is 11.5 Å². The van der Waals surface area contributed by atoms with Gasteiger partial charge in [0.2, 0.25) is 0 Å². The second-order valence-electron chi connectivity index (χ2n) is 3.36. The molecule has 1 saturated heterocycles. The van der Waals surface area contributed by atoms with E-state index in [9.17, 15) is 10.2 Å². The highest BCUT2D eigenvalue weighted by atomic mass is 35.5. The Bertz CT molecular complexity index is 306. The lowest BCUT2D eigenvalue weighted by Crippen LogP contribution is -2.34. The first-order valence-corrected chi connectivity index (χ1v) is 4.60. The SMILES string of the molecule is Cl.Oc1cc(O)cc([C@H]2COCCN2)c1. The Hall–Kier alpha value is -0.970. The number of rotatable bonds is 1. The molecule has 0 aliphatic carbocycles. The van der Waals surface area contributed by atoms with Gasteiger partial charge >= 0.3 is 0 Å². The minimum atomic E-state index is 0. The minimum absolute atomic E-state index is 0. The molecule has 0 unspecified atom stereocenters. The number of morpholine rings is 1.